The SMILES string of the molecule is CC(N)C1CCCCN1C(=O)C=Cc1ccccc1. The maximum absolute atomic E-state index is 12.3. The van der Waals surface area contributed by atoms with Crippen LogP contribution in [-0.4, -0.2) is 29.4 Å². The van der Waals surface area contributed by atoms with Gasteiger partial charge >= 0.3 is 0 Å². The molecule has 2 unspecified atom stereocenters. The predicted octanol–water partition coefficient (Wildman–Crippen LogP) is 2.43. The normalized spacial score (nSPS) is 21.6. The highest BCUT2D eigenvalue weighted by atomic mass is 16.2. The third kappa shape index (κ3) is 3.67. The van der Waals surface area contributed by atoms with Crippen LogP contribution in [-0.2, 0) is 4.79 Å². The van der Waals surface area contributed by atoms with Crippen molar-refractivity contribution in [3.05, 3.63) is 42.0 Å². The number of nitrogens with two attached hydrogens (primary N) is 1. The molecule has 1 aliphatic heterocycles. The number of hydrogen-bond acceptors (Lipinski definition) is 2. The molecular formula is C16H22N2O. The molecule has 2 rings (SSSR count). The summed E-state index contributed by atoms with van der Waals surface area (Å²) in [7, 11) is 0. The van der Waals surface area contributed by atoms with Gasteiger partial charge in [-0.15, -0.1) is 0 Å². The van der Waals surface area contributed by atoms with Crippen LogP contribution in [0.2, 0.25) is 0 Å². The summed E-state index contributed by atoms with van der Waals surface area (Å²) in [5.41, 5.74) is 7.03. The van der Waals surface area contributed by atoms with Crippen molar-refractivity contribution in [3.63, 3.8) is 0 Å². The molecule has 2 atom stereocenters. The molecule has 3 nitrogen and oxygen atoms in total. The van der Waals surface area contributed by atoms with Gasteiger partial charge in [0.2, 0.25) is 5.91 Å². The Balaban J connectivity index is 2.04. The number of likely N-dealkylation sites (tertiary alicyclic amines) is 1. The largest absolute Gasteiger partial charge is 0.335 e. The molecule has 0 bridgehead atoms. The van der Waals surface area contributed by atoms with Gasteiger partial charge in [-0.05, 0) is 37.8 Å². The van der Waals surface area contributed by atoms with E-state index in [9.17, 15) is 4.79 Å². The molecule has 1 fully saturated rings. The molecular weight excluding hydrogens is 236 g/mol. The molecule has 1 amide bonds. The van der Waals surface area contributed by atoms with Crippen LogP contribution in [0.15, 0.2) is 36.4 Å². The zero-order valence-corrected chi connectivity index (χ0v) is 11.5. The summed E-state index contributed by atoms with van der Waals surface area (Å²) in [5.74, 6) is 0.0749. The molecule has 0 saturated carbocycles. The van der Waals surface area contributed by atoms with Crippen molar-refractivity contribution < 1.29 is 4.79 Å². The van der Waals surface area contributed by atoms with Crippen molar-refractivity contribution >= 4 is 12.0 Å². The average Bonchev–Trinajstić information content (AvgIpc) is 2.46. The Morgan fingerprint density at radius 2 is 2.11 bits per heavy atom. The van der Waals surface area contributed by atoms with Crippen molar-refractivity contribution in [1.29, 1.82) is 0 Å². The van der Waals surface area contributed by atoms with Gasteiger partial charge < -0.3 is 10.6 Å². The third-order valence-corrected chi connectivity index (χ3v) is 3.66. The Labute approximate surface area is 115 Å². The summed E-state index contributed by atoms with van der Waals surface area (Å²) in [4.78, 5) is 14.2. The number of piperidine rings is 1. The van der Waals surface area contributed by atoms with Crippen LogP contribution >= 0.6 is 0 Å². The Bertz CT molecular complexity index is 439. The molecule has 0 aromatic heterocycles. The molecule has 0 radical (unpaired) electrons. The van der Waals surface area contributed by atoms with E-state index in [2.05, 4.69) is 0 Å². The number of nitrogens with zero attached hydrogens (tertiary/aromatic N) is 1. The molecule has 0 aliphatic carbocycles. The number of carbonyl (C=O) groups excluding carboxylic acids is 1. The number of hydrogen-bond donors (Lipinski definition) is 1. The van der Waals surface area contributed by atoms with Gasteiger partial charge in [-0.2, -0.15) is 0 Å². The lowest BCUT2D eigenvalue weighted by Crippen LogP contribution is -2.51. The highest BCUT2D eigenvalue weighted by molar-refractivity contribution is 5.92. The molecule has 1 aromatic carbocycles. The second-order valence-corrected chi connectivity index (χ2v) is 5.20. The number of rotatable bonds is 3. The fraction of sp³-hybridized carbons (Fsp3) is 0.438. The third-order valence-electron chi connectivity index (χ3n) is 3.66. The van der Waals surface area contributed by atoms with Crippen LogP contribution in [0.3, 0.4) is 0 Å². The molecule has 1 saturated heterocycles. The molecule has 0 spiro atoms. The lowest BCUT2D eigenvalue weighted by Gasteiger charge is -2.37. The fourth-order valence-electron chi connectivity index (χ4n) is 2.61. The molecule has 2 N–H and O–H groups in total. The monoisotopic (exact) mass is 258 g/mol. The summed E-state index contributed by atoms with van der Waals surface area (Å²) in [5, 5.41) is 0. The van der Waals surface area contributed by atoms with Gasteiger partial charge in [0.1, 0.15) is 0 Å². The number of amides is 1. The van der Waals surface area contributed by atoms with Gasteiger partial charge in [0.25, 0.3) is 0 Å². The van der Waals surface area contributed by atoms with Gasteiger partial charge in [0.05, 0.1) is 0 Å². The lowest BCUT2D eigenvalue weighted by molar-refractivity contribution is -0.129. The topological polar surface area (TPSA) is 46.3 Å². The van der Waals surface area contributed by atoms with E-state index in [0.717, 1.165) is 24.9 Å². The Morgan fingerprint density at radius 3 is 2.79 bits per heavy atom. The number of carbonyl (C=O) groups is 1. The molecule has 3 heteroatoms. The van der Waals surface area contributed by atoms with Crippen molar-refractivity contribution in [2.75, 3.05) is 6.54 Å². The minimum absolute atomic E-state index is 0.0365. The van der Waals surface area contributed by atoms with Crippen molar-refractivity contribution in [3.8, 4) is 0 Å². The van der Waals surface area contributed by atoms with Crippen LogP contribution in [0, 0.1) is 0 Å². The van der Waals surface area contributed by atoms with Crippen molar-refractivity contribution in [1.82, 2.24) is 4.90 Å². The van der Waals surface area contributed by atoms with Gasteiger partial charge in [-0.3, -0.25) is 4.79 Å². The highest BCUT2D eigenvalue weighted by Gasteiger charge is 2.27. The Hall–Kier alpha value is -1.61. The highest BCUT2D eigenvalue weighted by Crippen LogP contribution is 2.19. The zero-order chi connectivity index (χ0) is 13.7. The van der Waals surface area contributed by atoms with E-state index < -0.39 is 0 Å². The smallest absolute Gasteiger partial charge is 0.246 e. The molecule has 1 aromatic rings. The van der Waals surface area contributed by atoms with E-state index in [0.29, 0.717) is 0 Å². The van der Waals surface area contributed by atoms with Crippen LogP contribution in [0.4, 0.5) is 0 Å². The Morgan fingerprint density at radius 1 is 1.37 bits per heavy atom. The van der Waals surface area contributed by atoms with E-state index in [1.165, 1.54) is 6.42 Å². The first-order valence-electron chi connectivity index (χ1n) is 6.98. The first kappa shape index (κ1) is 13.8. The fourth-order valence-corrected chi connectivity index (χ4v) is 2.61. The Kier molecular flexibility index (Phi) is 4.74. The summed E-state index contributed by atoms with van der Waals surface area (Å²) >= 11 is 0. The van der Waals surface area contributed by atoms with Gasteiger partial charge in [0.15, 0.2) is 0 Å². The van der Waals surface area contributed by atoms with E-state index in [1.54, 1.807) is 6.08 Å². The van der Waals surface area contributed by atoms with E-state index >= 15 is 0 Å². The average molecular weight is 258 g/mol. The second-order valence-electron chi connectivity index (χ2n) is 5.20. The standard InChI is InChI=1S/C16H22N2O/c1-13(17)15-9-5-6-12-18(15)16(19)11-10-14-7-3-2-4-8-14/h2-4,7-8,10-11,13,15H,5-6,9,12,17H2,1H3. The first-order valence-corrected chi connectivity index (χ1v) is 6.98. The van der Waals surface area contributed by atoms with E-state index in [-0.39, 0.29) is 18.0 Å². The summed E-state index contributed by atoms with van der Waals surface area (Å²) in [6.45, 7) is 2.81. The number of benzene rings is 1. The molecule has 1 aliphatic rings. The second kappa shape index (κ2) is 6.53. The van der Waals surface area contributed by atoms with Crippen molar-refractivity contribution in [2.45, 2.75) is 38.3 Å². The maximum atomic E-state index is 12.3. The quantitative estimate of drug-likeness (QED) is 0.846. The minimum Gasteiger partial charge on any atom is -0.335 e. The van der Waals surface area contributed by atoms with E-state index in [1.807, 2.05) is 48.2 Å². The first-order chi connectivity index (χ1) is 9.18. The van der Waals surface area contributed by atoms with Gasteiger partial charge in [-0.1, -0.05) is 30.3 Å². The maximum Gasteiger partial charge on any atom is 0.246 e. The summed E-state index contributed by atoms with van der Waals surface area (Å²) in [6.07, 6.45) is 6.79. The lowest BCUT2D eigenvalue weighted by atomic mass is 9.97. The van der Waals surface area contributed by atoms with Crippen LogP contribution in [0.1, 0.15) is 31.7 Å². The molecule has 19 heavy (non-hydrogen) atoms. The van der Waals surface area contributed by atoms with Crippen LogP contribution < -0.4 is 5.73 Å². The van der Waals surface area contributed by atoms with Gasteiger partial charge in [-0.25, -0.2) is 0 Å². The summed E-state index contributed by atoms with van der Waals surface area (Å²) in [6, 6.07) is 10.1. The molecule has 1 heterocycles. The van der Waals surface area contributed by atoms with Crippen LogP contribution in [0.5, 0.6) is 0 Å². The minimum atomic E-state index is 0.0365. The van der Waals surface area contributed by atoms with Crippen molar-refractivity contribution in [2.24, 2.45) is 5.73 Å². The summed E-state index contributed by atoms with van der Waals surface area (Å²) < 4.78 is 0. The van der Waals surface area contributed by atoms with Crippen LogP contribution in [0.25, 0.3) is 6.08 Å². The predicted molar refractivity (Wildman–Crippen MR) is 78.5 cm³/mol. The zero-order valence-electron chi connectivity index (χ0n) is 11.5. The van der Waals surface area contributed by atoms with E-state index in [4.69, 9.17) is 5.73 Å². The molecule has 102 valence electrons. The van der Waals surface area contributed by atoms with Gasteiger partial charge in [0, 0.05) is 24.7 Å².